The largest absolute Gasteiger partial charge is 0.419 e. The molecule has 1 unspecified atom stereocenters. The van der Waals surface area contributed by atoms with E-state index < -0.39 is 23.6 Å². The Morgan fingerprint density at radius 2 is 1.76 bits per heavy atom. The third-order valence-electron chi connectivity index (χ3n) is 2.95. The molecule has 0 bridgehead atoms. The van der Waals surface area contributed by atoms with Gasteiger partial charge in [0.15, 0.2) is 0 Å². The predicted octanol–water partition coefficient (Wildman–Crippen LogP) is 5.26. The van der Waals surface area contributed by atoms with E-state index in [1.54, 1.807) is 12.1 Å². The topological polar surface area (TPSA) is 26.0 Å². The summed E-state index contributed by atoms with van der Waals surface area (Å²) in [6.45, 7) is 0. The summed E-state index contributed by atoms with van der Waals surface area (Å²) in [5, 5.41) is 0. The molecule has 112 valence electrons. The zero-order chi connectivity index (χ0) is 15.8. The van der Waals surface area contributed by atoms with Gasteiger partial charge in [0.2, 0.25) is 0 Å². The summed E-state index contributed by atoms with van der Waals surface area (Å²) in [5.41, 5.74) is 5.70. The molecule has 0 fully saturated rings. The monoisotopic (exact) mass is 473 g/mol. The van der Waals surface area contributed by atoms with Crippen LogP contribution in [0.2, 0.25) is 0 Å². The second-order valence-corrected chi connectivity index (χ2v) is 6.48. The molecule has 0 saturated heterocycles. The van der Waals surface area contributed by atoms with Gasteiger partial charge in [0.25, 0.3) is 0 Å². The van der Waals surface area contributed by atoms with E-state index in [1.807, 2.05) is 6.07 Å². The van der Waals surface area contributed by atoms with Gasteiger partial charge in [-0.25, -0.2) is 4.39 Å². The minimum Gasteiger partial charge on any atom is -0.320 e. The van der Waals surface area contributed by atoms with Gasteiger partial charge in [-0.15, -0.1) is 0 Å². The molecule has 0 heterocycles. The number of rotatable bonds is 2. The van der Waals surface area contributed by atoms with Crippen LogP contribution in [0.4, 0.5) is 17.6 Å². The summed E-state index contributed by atoms with van der Waals surface area (Å²) in [6.07, 6.45) is -4.71. The summed E-state index contributed by atoms with van der Waals surface area (Å²) in [5.74, 6) is -1.32. The lowest BCUT2D eigenvalue weighted by Crippen LogP contribution is -2.15. The maximum absolute atomic E-state index is 13.6. The van der Waals surface area contributed by atoms with Gasteiger partial charge < -0.3 is 5.73 Å². The lowest BCUT2D eigenvalue weighted by Gasteiger charge is -2.16. The molecular weight excluding hydrogens is 465 g/mol. The number of halogens is 6. The van der Waals surface area contributed by atoms with Crippen LogP contribution >= 0.6 is 38.5 Å². The van der Waals surface area contributed by atoms with E-state index >= 15 is 0 Å². The molecule has 2 rings (SSSR count). The Labute approximate surface area is 140 Å². The van der Waals surface area contributed by atoms with Crippen LogP contribution in [0.15, 0.2) is 40.9 Å². The maximum atomic E-state index is 13.6. The molecule has 2 N–H and O–H groups in total. The molecule has 0 spiro atoms. The minimum absolute atomic E-state index is 0.281. The summed E-state index contributed by atoms with van der Waals surface area (Å²) in [7, 11) is 0. The van der Waals surface area contributed by atoms with Crippen LogP contribution < -0.4 is 5.73 Å². The Hall–Kier alpha value is -0.670. The van der Waals surface area contributed by atoms with Gasteiger partial charge in [0.1, 0.15) is 5.82 Å². The third-order valence-corrected chi connectivity index (χ3v) is 4.34. The van der Waals surface area contributed by atoms with Crippen molar-refractivity contribution in [1.82, 2.24) is 0 Å². The van der Waals surface area contributed by atoms with Gasteiger partial charge in [-0.3, -0.25) is 0 Å². The summed E-state index contributed by atoms with van der Waals surface area (Å²) in [4.78, 5) is 0. The molecule has 0 saturated carbocycles. The van der Waals surface area contributed by atoms with E-state index in [9.17, 15) is 17.6 Å². The fourth-order valence-electron chi connectivity index (χ4n) is 1.89. The van der Waals surface area contributed by atoms with Crippen LogP contribution in [0, 0.1) is 9.39 Å². The van der Waals surface area contributed by atoms with Crippen molar-refractivity contribution in [2.24, 2.45) is 5.73 Å². The number of benzene rings is 2. The van der Waals surface area contributed by atoms with Crippen molar-refractivity contribution in [3.8, 4) is 0 Å². The molecule has 7 heteroatoms. The van der Waals surface area contributed by atoms with Gasteiger partial charge in [-0.05, 0) is 64.0 Å². The van der Waals surface area contributed by atoms with Crippen LogP contribution in [0.1, 0.15) is 22.7 Å². The molecular formula is C14H9BrF4IN. The molecule has 0 amide bonds. The normalized spacial score (nSPS) is 13.3. The van der Waals surface area contributed by atoms with Crippen LogP contribution in [0.25, 0.3) is 0 Å². The van der Waals surface area contributed by atoms with E-state index in [-0.39, 0.29) is 5.56 Å². The first-order valence-corrected chi connectivity index (χ1v) is 7.64. The minimum atomic E-state index is -4.71. The molecule has 1 nitrogen and oxygen atoms in total. The van der Waals surface area contributed by atoms with E-state index in [0.717, 1.165) is 14.1 Å². The van der Waals surface area contributed by atoms with Crippen LogP contribution in [0.3, 0.4) is 0 Å². The lowest BCUT2D eigenvalue weighted by molar-refractivity contribution is -0.140. The summed E-state index contributed by atoms with van der Waals surface area (Å²) in [6, 6.07) is 7.47. The molecule has 21 heavy (non-hydrogen) atoms. The Balaban J connectivity index is 2.43. The van der Waals surface area contributed by atoms with E-state index in [4.69, 9.17) is 5.73 Å². The highest BCUT2D eigenvalue weighted by Gasteiger charge is 2.34. The van der Waals surface area contributed by atoms with Crippen molar-refractivity contribution in [2.75, 3.05) is 0 Å². The number of hydrogen-bond donors (Lipinski definition) is 1. The van der Waals surface area contributed by atoms with Crippen molar-refractivity contribution in [3.05, 3.63) is 66.9 Å². The number of alkyl halides is 3. The van der Waals surface area contributed by atoms with E-state index in [2.05, 4.69) is 38.5 Å². The third kappa shape index (κ3) is 3.75. The first-order chi connectivity index (χ1) is 9.70. The molecule has 0 aromatic heterocycles. The van der Waals surface area contributed by atoms with Crippen LogP contribution in [0.5, 0.6) is 0 Å². The van der Waals surface area contributed by atoms with Gasteiger partial charge in [0, 0.05) is 8.04 Å². The Morgan fingerprint density at radius 3 is 2.33 bits per heavy atom. The van der Waals surface area contributed by atoms with Crippen molar-refractivity contribution in [2.45, 2.75) is 12.2 Å². The van der Waals surface area contributed by atoms with Crippen molar-refractivity contribution >= 4 is 38.5 Å². The van der Waals surface area contributed by atoms with Gasteiger partial charge in [0.05, 0.1) is 11.6 Å². The summed E-state index contributed by atoms with van der Waals surface area (Å²) < 4.78 is 52.9. The summed E-state index contributed by atoms with van der Waals surface area (Å²) >= 11 is 5.43. The SMILES string of the molecule is NC(c1ccc(C(F)(F)F)c(F)c1)c1cc(I)ccc1Br. The first-order valence-electron chi connectivity index (χ1n) is 5.77. The van der Waals surface area contributed by atoms with Crippen LogP contribution in [-0.4, -0.2) is 0 Å². The standard InChI is InChI=1S/C14H9BrF4IN/c15-11-4-2-8(20)6-9(11)13(21)7-1-3-10(12(16)5-7)14(17,18)19/h1-6,13H,21H2. The number of hydrogen-bond acceptors (Lipinski definition) is 1. The average Bonchev–Trinajstić information content (AvgIpc) is 2.39. The quantitative estimate of drug-likeness (QED) is 0.467. The first kappa shape index (κ1) is 16.7. The fourth-order valence-corrected chi connectivity index (χ4v) is 2.90. The van der Waals surface area contributed by atoms with Crippen molar-refractivity contribution in [3.63, 3.8) is 0 Å². The fraction of sp³-hybridized carbons (Fsp3) is 0.143. The van der Waals surface area contributed by atoms with Crippen molar-refractivity contribution < 1.29 is 17.6 Å². The van der Waals surface area contributed by atoms with Gasteiger partial charge >= 0.3 is 6.18 Å². The molecule has 0 aliphatic rings. The lowest BCUT2D eigenvalue weighted by atomic mass is 9.98. The predicted molar refractivity (Wildman–Crippen MR) is 84.3 cm³/mol. The zero-order valence-corrected chi connectivity index (χ0v) is 14.1. The molecule has 0 aliphatic carbocycles. The highest BCUT2D eigenvalue weighted by atomic mass is 127. The van der Waals surface area contributed by atoms with Crippen molar-refractivity contribution in [1.29, 1.82) is 0 Å². The second kappa shape index (κ2) is 6.21. The van der Waals surface area contributed by atoms with E-state index in [0.29, 0.717) is 11.6 Å². The second-order valence-electron chi connectivity index (χ2n) is 4.38. The van der Waals surface area contributed by atoms with Gasteiger partial charge in [-0.2, -0.15) is 13.2 Å². The Kier molecular flexibility index (Phi) is 4.94. The molecule has 2 aromatic rings. The number of nitrogens with two attached hydrogens (primary N) is 1. The maximum Gasteiger partial charge on any atom is 0.419 e. The molecule has 2 aromatic carbocycles. The highest BCUT2D eigenvalue weighted by Crippen LogP contribution is 2.34. The Morgan fingerprint density at radius 1 is 1.10 bits per heavy atom. The highest BCUT2D eigenvalue weighted by molar-refractivity contribution is 14.1. The van der Waals surface area contributed by atoms with Gasteiger partial charge in [-0.1, -0.05) is 22.0 Å². The Bertz CT molecular complexity index is 673. The average molecular weight is 474 g/mol. The molecule has 0 radical (unpaired) electrons. The molecule has 0 aliphatic heterocycles. The zero-order valence-electron chi connectivity index (χ0n) is 10.4. The van der Waals surface area contributed by atoms with E-state index in [1.165, 1.54) is 6.07 Å². The smallest absolute Gasteiger partial charge is 0.320 e. The van der Waals surface area contributed by atoms with Crippen LogP contribution in [-0.2, 0) is 6.18 Å². The molecule has 1 atom stereocenters.